The standard InChI is InChI=1S/C22H21Cl2F2N5S/c23-17-3-1-5-19(25)15(17)13-29-9-11-30(12-10-29)22(32)27-21-7-8-31(28-21)14-16-18(24)4-2-6-20(16)26/h1-8H,9-14H2,(H,27,28,32). The van der Waals surface area contributed by atoms with Crippen LogP contribution < -0.4 is 5.32 Å². The molecular weight excluding hydrogens is 475 g/mol. The third kappa shape index (κ3) is 5.38. The second-order valence-corrected chi connectivity index (χ2v) is 8.69. The zero-order valence-corrected chi connectivity index (χ0v) is 19.4. The monoisotopic (exact) mass is 495 g/mol. The Morgan fingerprint density at radius 3 is 2.09 bits per heavy atom. The van der Waals surface area contributed by atoms with Gasteiger partial charge in [0.15, 0.2) is 10.9 Å². The average molecular weight is 496 g/mol. The maximum absolute atomic E-state index is 14.0. The molecular formula is C22H21Cl2F2N5S. The fourth-order valence-electron chi connectivity index (χ4n) is 3.57. The van der Waals surface area contributed by atoms with E-state index in [1.54, 1.807) is 41.2 Å². The van der Waals surface area contributed by atoms with E-state index in [0.29, 0.717) is 51.7 Å². The summed E-state index contributed by atoms with van der Waals surface area (Å²) in [4.78, 5) is 4.19. The summed E-state index contributed by atoms with van der Waals surface area (Å²) >= 11 is 17.8. The van der Waals surface area contributed by atoms with Gasteiger partial charge in [0.05, 0.1) is 6.54 Å². The maximum Gasteiger partial charge on any atom is 0.174 e. The normalized spacial score (nSPS) is 14.6. The number of anilines is 1. The smallest absolute Gasteiger partial charge is 0.174 e. The number of nitrogens with one attached hydrogen (secondary N) is 1. The average Bonchev–Trinajstić information content (AvgIpc) is 3.21. The van der Waals surface area contributed by atoms with E-state index in [1.807, 2.05) is 4.90 Å². The number of halogens is 4. The Morgan fingerprint density at radius 1 is 0.906 bits per heavy atom. The lowest BCUT2D eigenvalue weighted by Gasteiger charge is -2.36. The van der Waals surface area contributed by atoms with Gasteiger partial charge in [-0.1, -0.05) is 35.3 Å². The SMILES string of the molecule is Fc1cccc(Cl)c1CN1CCN(C(=S)Nc2ccn(Cc3c(F)cccc3Cl)n2)CC1. The predicted octanol–water partition coefficient (Wildman–Crippen LogP) is 5.03. The molecule has 168 valence electrons. The van der Waals surface area contributed by atoms with Crippen LogP contribution in [0, 0.1) is 11.6 Å². The van der Waals surface area contributed by atoms with Gasteiger partial charge in [-0.25, -0.2) is 8.78 Å². The van der Waals surface area contributed by atoms with E-state index in [9.17, 15) is 8.78 Å². The number of hydrogen-bond donors (Lipinski definition) is 1. The number of benzene rings is 2. The van der Waals surface area contributed by atoms with Crippen molar-refractivity contribution in [3.05, 3.63) is 81.5 Å². The number of nitrogens with zero attached hydrogens (tertiary/aromatic N) is 4. The highest BCUT2D eigenvalue weighted by Crippen LogP contribution is 2.22. The van der Waals surface area contributed by atoms with Crippen molar-refractivity contribution in [1.29, 1.82) is 0 Å². The predicted molar refractivity (Wildman–Crippen MR) is 127 cm³/mol. The van der Waals surface area contributed by atoms with Gasteiger partial charge in [0.25, 0.3) is 0 Å². The number of hydrogen-bond acceptors (Lipinski definition) is 3. The van der Waals surface area contributed by atoms with Crippen LogP contribution in [0.15, 0.2) is 48.7 Å². The van der Waals surface area contributed by atoms with E-state index in [0.717, 1.165) is 13.1 Å². The summed E-state index contributed by atoms with van der Waals surface area (Å²) in [5, 5.41) is 8.90. The van der Waals surface area contributed by atoms with Crippen molar-refractivity contribution in [3.8, 4) is 0 Å². The minimum Gasteiger partial charge on any atom is -0.346 e. The molecule has 2 heterocycles. The molecule has 1 aromatic heterocycles. The molecule has 0 saturated carbocycles. The van der Waals surface area contributed by atoms with Crippen LogP contribution in [0.4, 0.5) is 14.6 Å². The summed E-state index contributed by atoms with van der Waals surface area (Å²) in [7, 11) is 0. The van der Waals surface area contributed by atoms with Crippen molar-refractivity contribution in [2.45, 2.75) is 13.1 Å². The van der Waals surface area contributed by atoms with Crippen LogP contribution in [-0.2, 0) is 13.1 Å². The summed E-state index contributed by atoms with van der Waals surface area (Å²) in [6.07, 6.45) is 1.74. The van der Waals surface area contributed by atoms with Crippen molar-refractivity contribution in [2.24, 2.45) is 0 Å². The molecule has 1 aliphatic rings. The van der Waals surface area contributed by atoms with Crippen molar-refractivity contribution < 1.29 is 8.78 Å². The van der Waals surface area contributed by atoms with Crippen LogP contribution in [0.3, 0.4) is 0 Å². The van der Waals surface area contributed by atoms with E-state index in [1.165, 1.54) is 12.1 Å². The molecule has 32 heavy (non-hydrogen) atoms. The van der Waals surface area contributed by atoms with Gasteiger partial charge < -0.3 is 10.2 Å². The molecule has 0 unspecified atom stereocenters. The first-order valence-electron chi connectivity index (χ1n) is 10.1. The van der Waals surface area contributed by atoms with E-state index in [4.69, 9.17) is 35.4 Å². The van der Waals surface area contributed by atoms with Crippen molar-refractivity contribution in [2.75, 3.05) is 31.5 Å². The highest BCUT2D eigenvalue weighted by molar-refractivity contribution is 7.80. The van der Waals surface area contributed by atoms with Gasteiger partial charge in [0.1, 0.15) is 11.6 Å². The molecule has 5 nitrogen and oxygen atoms in total. The Hall–Kier alpha value is -2.26. The summed E-state index contributed by atoms with van der Waals surface area (Å²) in [5.74, 6) is -0.0834. The van der Waals surface area contributed by atoms with Crippen LogP contribution >= 0.6 is 35.4 Å². The summed E-state index contributed by atoms with van der Waals surface area (Å²) in [6.45, 7) is 3.53. The van der Waals surface area contributed by atoms with Crippen LogP contribution in [0.1, 0.15) is 11.1 Å². The molecule has 3 aromatic rings. The Balaban J connectivity index is 1.30. The van der Waals surface area contributed by atoms with Crippen molar-refractivity contribution in [1.82, 2.24) is 19.6 Å². The molecule has 1 fully saturated rings. The molecule has 0 radical (unpaired) electrons. The molecule has 0 amide bonds. The van der Waals surface area contributed by atoms with E-state index in [-0.39, 0.29) is 18.2 Å². The molecule has 4 rings (SSSR count). The molecule has 1 aliphatic heterocycles. The Bertz CT molecular complexity index is 1070. The fourth-order valence-corrected chi connectivity index (χ4v) is 4.30. The minimum atomic E-state index is -0.368. The molecule has 0 atom stereocenters. The molecule has 2 aromatic carbocycles. The van der Waals surface area contributed by atoms with Crippen molar-refractivity contribution in [3.63, 3.8) is 0 Å². The Morgan fingerprint density at radius 2 is 1.50 bits per heavy atom. The van der Waals surface area contributed by atoms with Gasteiger partial charge in [-0.05, 0) is 36.5 Å². The quantitative estimate of drug-likeness (QED) is 0.502. The molecule has 0 spiro atoms. The van der Waals surface area contributed by atoms with Crippen molar-refractivity contribution >= 4 is 46.4 Å². The first-order valence-corrected chi connectivity index (χ1v) is 11.2. The first kappa shape index (κ1) is 22.9. The van der Waals surface area contributed by atoms with Gasteiger partial charge in [-0.2, -0.15) is 5.10 Å². The Kier molecular flexibility index (Phi) is 7.25. The zero-order valence-electron chi connectivity index (χ0n) is 17.1. The van der Waals surface area contributed by atoms with E-state index >= 15 is 0 Å². The molecule has 1 N–H and O–H groups in total. The van der Waals surface area contributed by atoms with Gasteiger partial charge in [-0.15, -0.1) is 0 Å². The minimum absolute atomic E-state index is 0.219. The van der Waals surface area contributed by atoms with Gasteiger partial charge in [0, 0.05) is 66.2 Å². The lowest BCUT2D eigenvalue weighted by molar-refractivity contribution is 0.175. The highest BCUT2D eigenvalue weighted by Gasteiger charge is 2.21. The lowest BCUT2D eigenvalue weighted by Crippen LogP contribution is -2.49. The second-order valence-electron chi connectivity index (χ2n) is 7.49. The third-order valence-electron chi connectivity index (χ3n) is 5.36. The van der Waals surface area contributed by atoms with Gasteiger partial charge >= 0.3 is 0 Å². The maximum atomic E-state index is 14.0. The molecule has 0 aliphatic carbocycles. The second kappa shape index (κ2) is 10.1. The first-order chi connectivity index (χ1) is 15.4. The third-order valence-corrected chi connectivity index (χ3v) is 6.43. The summed E-state index contributed by atoms with van der Waals surface area (Å²) in [5.41, 5.74) is 0.904. The number of piperazine rings is 1. The lowest BCUT2D eigenvalue weighted by atomic mass is 10.2. The number of rotatable bonds is 5. The molecule has 0 bridgehead atoms. The number of thiocarbonyl (C=S) groups is 1. The van der Waals surface area contributed by atoms with E-state index in [2.05, 4.69) is 15.3 Å². The van der Waals surface area contributed by atoms with Crippen LogP contribution in [0.25, 0.3) is 0 Å². The van der Waals surface area contributed by atoms with E-state index < -0.39 is 0 Å². The van der Waals surface area contributed by atoms with Crippen LogP contribution in [-0.4, -0.2) is 50.9 Å². The summed E-state index contributed by atoms with van der Waals surface area (Å²) in [6, 6.07) is 11.1. The van der Waals surface area contributed by atoms with Gasteiger partial charge in [-0.3, -0.25) is 9.58 Å². The zero-order chi connectivity index (χ0) is 22.7. The topological polar surface area (TPSA) is 36.3 Å². The molecule has 1 saturated heterocycles. The Labute approximate surface area is 200 Å². The van der Waals surface area contributed by atoms with Crippen LogP contribution in [0.5, 0.6) is 0 Å². The largest absolute Gasteiger partial charge is 0.346 e. The fraction of sp³-hybridized carbons (Fsp3) is 0.273. The number of aromatic nitrogens is 2. The molecule has 10 heteroatoms. The van der Waals surface area contributed by atoms with Gasteiger partial charge in [0.2, 0.25) is 0 Å². The highest BCUT2D eigenvalue weighted by atomic mass is 35.5. The summed E-state index contributed by atoms with van der Waals surface area (Å²) < 4.78 is 29.7. The van der Waals surface area contributed by atoms with Crippen LogP contribution in [0.2, 0.25) is 10.0 Å².